The van der Waals surface area contributed by atoms with E-state index in [9.17, 15) is 4.79 Å². The fourth-order valence-corrected chi connectivity index (χ4v) is 2.47. The van der Waals surface area contributed by atoms with E-state index >= 15 is 0 Å². The van der Waals surface area contributed by atoms with Crippen molar-refractivity contribution < 1.29 is 14.3 Å². The third-order valence-electron chi connectivity index (χ3n) is 3.72. The zero-order valence-electron chi connectivity index (χ0n) is 12.4. The molecule has 0 saturated carbocycles. The molecule has 2 atom stereocenters. The quantitative estimate of drug-likeness (QED) is 0.786. The van der Waals surface area contributed by atoms with Crippen molar-refractivity contribution in [3.05, 3.63) is 47.2 Å². The number of ether oxygens (including phenoxy) is 2. The Morgan fingerprint density at radius 2 is 2.05 bits per heavy atom. The van der Waals surface area contributed by atoms with Gasteiger partial charge < -0.3 is 9.47 Å². The molecule has 0 aromatic heterocycles. The maximum atomic E-state index is 11.2. The van der Waals surface area contributed by atoms with Crippen molar-refractivity contribution in [2.75, 3.05) is 0 Å². The Bertz CT molecular complexity index is 490. The summed E-state index contributed by atoms with van der Waals surface area (Å²) in [6.45, 7) is 5.42. The number of hydrogen-bond donors (Lipinski definition) is 0. The van der Waals surface area contributed by atoms with Crippen LogP contribution in [0, 0.1) is 0 Å². The number of carbonyl (C=O) groups is 1. The second-order valence-corrected chi connectivity index (χ2v) is 5.33. The maximum Gasteiger partial charge on any atom is 0.307 e. The van der Waals surface area contributed by atoms with Crippen molar-refractivity contribution in [2.45, 2.75) is 52.2 Å². The van der Waals surface area contributed by atoms with Crippen molar-refractivity contribution in [1.82, 2.24) is 0 Å². The Morgan fingerprint density at radius 3 is 2.70 bits per heavy atom. The van der Waals surface area contributed by atoms with Gasteiger partial charge in [-0.25, -0.2) is 0 Å². The standard InChI is InChI=1S/C17H22O3/c1-12-13(2)19-16(11-17(12)20-14(3)18)10-9-15-7-5-4-6-8-15/h4-8,13,16H,9-11H2,1-3H3/t13-,16+/m1/s1. The molecule has 2 rings (SSSR count). The molecule has 0 bridgehead atoms. The van der Waals surface area contributed by atoms with E-state index in [1.54, 1.807) is 0 Å². The molecule has 1 aliphatic heterocycles. The second kappa shape index (κ2) is 6.71. The van der Waals surface area contributed by atoms with Crippen molar-refractivity contribution in [1.29, 1.82) is 0 Å². The molecule has 0 N–H and O–H groups in total. The summed E-state index contributed by atoms with van der Waals surface area (Å²) in [7, 11) is 0. The minimum absolute atomic E-state index is 0.0128. The highest BCUT2D eigenvalue weighted by Gasteiger charge is 2.26. The Balaban J connectivity index is 1.96. The van der Waals surface area contributed by atoms with E-state index in [2.05, 4.69) is 12.1 Å². The molecule has 20 heavy (non-hydrogen) atoms. The van der Waals surface area contributed by atoms with E-state index in [1.165, 1.54) is 12.5 Å². The fourth-order valence-electron chi connectivity index (χ4n) is 2.47. The van der Waals surface area contributed by atoms with Crippen LogP contribution < -0.4 is 0 Å². The summed E-state index contributed by atoms with van der Waals surface area (Å²) in [6, 6.07) is 10.4. The summed E-state index contributed by atoms with van der Waals surface area (Å²) in [5.74, 6) is 0.532. The van der Waals surface area contributed by atoms with Crippen molar-refractivity contribution in [3.8, 4) is 0 Å². The topological polar surface area (TPSA) is 35.5 Å². The zero-order chi connectivity index (χ0) is 14.5. The minimum atomic E-state index is -0.254. The molecule has 3 nitrogen and oxygen atoms in total. The molecule has 3 heteroatoms. The van der Waals surface area contributed by atoms with Gasteiger partial charge in [-0.15, -0.1) is 0 Å². The largest absolute Gasteiger partial charge is 0.431 e. The summed E-state index contributed by atoms with van der Waals surface area (Å²) in [5, 5.41) is 0. The predicted octanol–water partition coefficient (Wildman–Crippen LogP) is 3.63. The number of rotatable bonds is 4. The van der Waals surface area contributed by atoms with Gasteiger partial charge in [0.1, 0.15) is 5.76 Å². The monoisotopic (exact) mass is 274 g/mol. The third kappa shape index (κ3) is 3.94. The molecule has 1 aliphatic rings. The molecule has 1 aromatic rings. The molecule has 0 unspecified atom stereocenters. The average Bonchev–Trinajstić information content (AvgIpc) is 2.42. The molecule has 0 amide bonds. The zero-order valence-corrected chi connectivity index (χ0v) is 12.4. The third-order valence-corrected chi connectivity index (χ3v) is 3.72. The van der Waals surface area contributed by atoms with Crippen LogP contribution in [-0.4, -0.2) is 18.2 Å². The van der Waals surface area contributed by atoms with Crippen molar-refractivity contribution >= 4 is 5.97 Å². The molecule has 0 fully saturated rings. The molecule has 108 valence electrons. The normalized spacial score (nSPS) is 22.8. The number of benzene rings is 1. The molecule has 0 aliphatic carbocycles. The van der Waals surface area contributed by atoms with Gasteiger partial charge in [0.2, 0.25) is 0 Å². The first kappa shape index (κ1) is 14.8. The summed E-state index contributed by atoms with van der Waals surface area (Å²) in [6.07, 6.45) is 2.72. The van der Waals surface area contributed by atoms with Gasteiger partial charge in [-0.3, -0.25) is 4.79 Å². The SMILES string of the molecule is CC(=O)OC1=C(C)[C@@H](C)O[C@@H](CCc2ccccc2)C1. The Labute approximate surface area is 120 Å². The van der Waals surface area contributed by atoms with Gasteiger partial charge in [-0.05, 0) is 37.8 Å². The lowest BCUT2D eigenvalue weighted by molar-refractivity contribution is -0.138. The van der Waals surface area contributed by atoms with Crippen molar-refractivity contribution in [3.63, 3.8) is 0 Å². The summed E-state index contributed by atoms with van der Waals surface area (Å²) < 4.78 is 11.3. The van der Waals surface area contributed by atoms with Crippen LogP contribution in [0.5, 0.6) is 0 Å². The molecule has 0 saturated heterocycles. The van der Waals surface area contributed by atoms with E-state index in [0.717, 1.165) is 24.2 Å². The Morgan fingerprint density at radius 1 is 1.35 bits per heavy atom. The highest BCUT2D eigenvalue weighted by Crippen LogP contribution is 2.28. The van der Waals surface area contributed by atoms with Crippen LogP contribution in [0.1, 0.15) is 39.2 Å². The van der Waals surface area contributed by atoms with E-state index in [4.69, 9.17) is 9.47 Å². The van der Waals surface area contributed by atoms with Gasteiger partial charge in [-0.1, -0.05) is 30.3 Å². The van der Waals surface area contributed by atoms with Crippen LogP contribution in [0.15, 0.2) is 41.7 Å². The van der Waals surface area contributed by atoms with Crippen LogP contribution in [0.2, 0.25) is 0 Å². The highest BCUT2D eigenvalue weighted by molar-refractivity contribution is 5.67. The van der Waals surface area contributed by atoms with Crippen LogP contribution in [0.3, 0.4) is 0 Å². The molecule has 1 heterocycles. The first-order valence-electron chi connectivity index (χ1n) is 7.13. The summed E-state index contributed by atoms with van der Waals surface area (Å²) >= 11 is 0. The smallest absolute Gasteiger partial charge is 0.307 e. The number of hydrogen-bond acceptors (Lipinski definition) is 3. The van der Waals surface area contributed by atoms with Gasteiger partial charge in [-0.2, -0.15) is 0 Å². The molecular formula is C17H22O3. The highest BCUT2D eigenvalue weighted by atomic mass is 16.5. The molecule has 1 aromatic carbocycles. The summed E-state index contributed by atoms with van der Waals surface area (Å²) in [5.41, 5.74) is 2.33. The van der Waals surface area contributed by atoms with Crippen LogP contribution in [0.25, 0.3) is 0 Å². The van der Waals surface area contributed by atoms with Crippen LogP contribution in [0.4, 0.5) is 0 Å². The van der Waals surface area contributed by atoms with Gasteiger partial charge in [0.15, 0.2) is 0 Å². The number of esters is 1. The van der Waals surface area contributed by atoms with Gasteiger partial charge in [0.25, 0.3) is 0 Å². The maximum absolute atomic E-state index is 11.2. The number of carbonyl (C=O) groups excluding carboxylic acids is 1. The Kier molecular flexibility index (Phi) is 4.96. The van der Waals surface area contributed by atoms with E-state index in [-0.39, 0.29) is 18.2 Å². The lowest BCUT2D eigenvalue weighted by Gasteiger charge is -2.30. The molecule has 0 radical (unpaired) electrons. The Hall–Kier alpha value is -1.61. The van der Waals surface area contributed by atoms with Gasteiger partial charge in [0, 0.05) is 13.3 Å². The van der Waals surface area contributed by atoms with E-state index in [0.29, 0.717) is 6.42 Å². The molecule has 0 spiro atoms. The first-order chi connectivity index (χ1) is 9.56. The predicted molar refractivity (Wildman–Crippen MR) is 78.2 cm³/mol. The second-order valence-electron chi connectivity index (χ2n) is 5.33. The lowest BCUT2D eigenvalue weighted by atomic mass is 9.98. The fraction of sp³-hybridized carbons (Fsp3) is 0.471. The first-order valence-corrected chi connectivity index (χ1v) is 7.13. The molecular weight excluding hydrogens is 252 g/mol. The van der Waals surface area contributed by atoms with Gasteiger partial charge in [0.05, 0.1) is 12.2 Å². The number of aryl methyl sites for hydroxylation is 1. The van der Waals surface area contributed by atoms with Crippen molar-refractivity contribution in [2.24, 2.45) is 0 Å². The van der Waals surface area contributed by atoms with Gasteiger partial charge >= 0.3 is 5.97 Å². The van der Waals surface area contributed by atoms with E-state index < -0.39 is 0 Å². The van der Waals surface area contributed by atoms with Crippen LogP contribution >= 0.6 is 0 Å². The van der Waals surface area contributed by atoms with Crippen LogP contribution in [-0.2, 0) is 20.7 Å². The lowest BCUT2D eigenvalue weighted by Crippen LogP contribution is -2.29. The minimum Gasteiger partial charge on any atom is -0.431 e. The average molecular weight is 274 g/mol. The van der Waals surface area contributed by atoms with E-state index in [1.807, 2.05) is 32.0 Å². The summed E-state index contributed by atoms with van der Waals surface area (Å²) in [4.78, 5) is 11.2.